The second kappa shape index (κ2) is 2.10. The van der Waals surface area contributed by atoms with Crippen molar-refractivity contribution in [3.05, 3.63) is 23.4 Å². The summed E-state index contributed by atoms with van der Waals surface area (Å²) < 4.78 is 1.54. The first-order valence-electron chi connectivity index (χ1n) is 3.04. The monoisotopic (exact) mass is 168 g/mol. The van der Waals surface area contributed by atoms with Gasteiger partial charge < -0.3 is 5.73 Å². The predicted molar refractivity (Wildman–Crippen MR) is 42.4 cm³/mol. The van der Waals surface area contributed by atoms with Gasteiger partial charge >= 0.3 is 0 Å². The molecule has 2 N–H and O–H groups in total. The van der Waals surface area contributed by atoms with Gasteiger partial charge in [-0.2, -0.15) is 4.98 Å². The van der Waals surface area contributed by atoms with Crippen LogP contribution >= 0.6 is 11.6 Å². The van der Waals surface area contributed by atoms with Crippen LogP contribution < -0.4 is 5.73 Å². The SMILES string of the molecule is Nc1nc2c(Cl)cccn2n1. The zero-order chi connectivity index (χ0) is 7.84. The third-order valence-electron chi connectivity index (χ3n) is 1.33. The van der Waals surface area contributed by atoms with E-state index >= 15 is 0 Å². The molecule has 0 saturated heterocycles. The maximum Gasteiger partial charge on any atom is 0.240 e. The van der Waals surface area contributed by atoms with E-state index in [1.807, 2.05) is 0 Å². The summed E-state index contributed by atoms with van der Waals surface area (Å²) in [7, 11) is 0. The first-order chi connectivity index (χ1) is 5.27. The molecule has 2 aromatic rings. The number of halogens is 1. The quantitative estimate of drug-likeness (QED) is 0.638. The molecule has 5 heteroatoms. The number of fused-ring (bicyclic) bond motifs is 1. The van der Waals surface area contributed by atoms with E-state index < -0.39 is 0 Å². The Morgan fingerprint density at radius 1 is 1.55 bits per heavy atom. The van der Waals surface area contributed by atoms with Crippen molar-refractivity contribution >= 4 is 23.2 Å². The first-order valence-corrected chi connectivity index (χ1v) is 3.41. The fourth-order valence-electron chi connectivity index (χ4n) is 0.890. The van der Waals surface area contributed by atoms with E-state index in [1.54, 1.807) is 18.3 Å². The molecule has 0 aliphatic rings. The molecule has 11 heavy (non-hydrogen) atoms. The van der Waals surface area contributed by atoms with Crippen LogP contribution in [-0.2, 0) is 0 Å². The lowest BCUT2D eigenvalue weighted by Gasteiger charge is -1.89. The molecule has 4 nitrogen and oxygen atoms in total. The van der Waals surface area contributed by atoms with Crippen molar-refractivity contribution in [1.82, 2.24) is 14.6 Å². The van der Waals surface area contributed by atoms with Gasteiger partial charge in [0.25, 0.3) is 0 Å². The van der Waals surface area contributed by atoms with Crippen molar-refractivity contribution in [1.29, 1.82) is 0 Å². The van der Waals surface area contributed by atoms with Crippen LogP contribution in [0, 0.1) is 0 Å². The lowest BCUT2D eigenvalue weighted by atomic mass is 10.5. The van der Waals surface area contributed by atoms with Gasteiger partial charge in [-0.05, 0) is 12.1 Å². The minimum atomic E-state index is 0.234. The Bertz CT molecular complexity index is 394. The number of rotatable bonds is 0. The van der Waals surface area contributed by atoms with Gasteiger partial charge in [0.1, 0.15) is 0 Å². The highest BCUT2D eigenvalue weighted by atomic mass is 35.5. The van der Waals surface area contributed by atoms with Crippen LogP contribution in [0.1, 0.15) is 0 Å². The van der Waals surface area contributed by atoms with Crippen LogP contribution in [0.4, 0.5) is 5.95 Å². The van der Waals surface area contributed by atoms with Gasteiger partial charge in [-0.15, -0.1) is 5.10 Å². The maximum absolute atomic E-state index is 5.79. The summed E-state index contributed by atoms with van der Waals surface area (Å²) in [5.74, 6) is 0.234. The van der Waals surface area contributed by atoms with Gasteiger partial charge in [-0.3, -0.25) is 0 Å². The third-order valence-corrected chi connectivity index (χ3v) is 1.63. The highest BCUT2D eigenvalue weighted by Crippen LogP contribution is 2.14. The van der Waals surface area contributed by atoms with E-state index in [0.29, 0.717) is 10.7 Å². The van der Waals surface area contributed by atoms with E-state index in [4.69, 9.17) is 17.3 Å². The molecule has 0 atom stereocenters. The zero-order valence-electron chi connectivity index (χ0n) is 5.53. The molecule has 0 saturated carbocycles. The minimum absolute atomic E-state index is 0.234. The standard InChI is InChI=1S/C6H5ClN4/c7-4-2-1-3-11-5(4)9-6(8)10-11/h1-3H,(H2,8,10). The predicted octanol–water partition coefficient (Wildman–Crippen LogP) is 0.965. The molecule has 2 rings (SSSR count). The molecule has 0 fully saturated rings. The highest BCUT2D eigenvalue weighted by Gasteiger charge is 2.01. The fraction of sp³-hybridized carbons (Fsp3) is 0. The number of aromatic nitrogens is 3. The molecule has 0 aliphatic heterocycles. The second-order valence-electron chi connectivity index (χ2n) is 2.09. The van der Waals surface area contributed by atoms with Crippen molar-refractivity contribution in [3.63, 3.8) is 0 Å². The second-order valence-corrected chi connectivity index (χ2v) is 2.50. The van der Waals surface area contributed by atoms with Gasteiger partial charge in [-0.1, -0.05) is 11.6 Å². The Labute approximate surface area is 67.6 Å². The number of nitrogens with two attached hydrogens (primary N) is 1. The van der Waals surface area contributed by atoms with Crippen molar-refractivity contribution in [2.45, 2.75) is 0 Å². The largest absolute Gasteiger partial charge is 0.366 e. The molecule has 0 spiro atoms. The van der Waals surface area contributed by atoms with E-state index in [0.717, 1.165) is 0 Å². The van der Waals surface area contributed by atoms with E-state index in [-0.39, 0.29) is 5.95 Å². The summed E-state index contributed by atoms with van der Waals surface area (Å²) in [5.41, 5.74) is 5.95. The molecule has 0 aromatic carbocycles. The summed E-state index contributed by atoms with van der Waals surface area (Å²) in [6.45, 7) is 0. The molecule has 0 unspecified atom stereocenters. The molecule has 0 radical (unpaired) electrons. The zero-order valence-corrected chi connectivity index (χ0v) is 6.28. The molecule has 2 heterocycles. The van der Waals surface area contributed by atoms with E-state index in [1.165, 1.54) is 4.52 Å². The van der Waals surface area contributed by atoms with Gasteiger partial charge in [0.05, 0.1) is 5.02 Å². The molecule has 0 aliphatic carbocycles. The van der Waals surface area contributed by atoms with Crippen molar-refractivity contribution < 1.29 is 0 Å². The van der Waals surface area contributed by atoms with Gasteiger partial charge in [0, 0.05) is 6.20 Å². The Balaban J connectivity index is 2.90. The molecule has 2 aromatic heterocycles. The number of pyridine rings is 1. The summed E-state index contributed by atoms with van der Waals surface area (Å²) in [4.78, 5) is 3.91. The smallest absolute Gasteiger partial charge is 0.240 e. The summed E-state index contributed by atoms with van der Waals surface area (Å²) in [6.07, 6.45) is 1.74. The number of anilines is 1. The molecule has 56 valence electrons. The van der Waals surface area contributed by atoms with Crippen LogP contribution in [-0.4, -0.2) is 14.6 Å². The third kappa shape index (κ3) is 0.914. The lowest BCUT2D eigenvalue weighted by Crippen LogP contribution is -1.88. The van der Waals surface area contributed by atoms with Crippen molar-refractivity contribution in [2.75, 3.05) is 5.73 Å². The maximum atomic E-state index is 5.79. The topological polar surface area (TPSA) is 56.2 Å². The molecular formula is C6H5ClN4. The summed E-state index contributed by atoms with van der Waals surface area (Å²) >= 11 is 5.79. The minimum Gasteiger partial charge on any atom is -0.366 e. The van der Waals surface area contributed by atoms with Gasteiger partial charge in [0.2, 0.25) is 5.95 Å². The Hall–Kier alpha value is -1.29. The van der Waals surface area contributed by atoms with Crippen molar-refractivity contribution in [3.8, 4) is 0 Å². The normalized spacial score (nSPS) is 10.6. The van der Waals surface area contributed by atoms with Crippen LogP contribution in [0.5, 0.6) is 0 Å². The number of hydrogen-bond acceptors (Lipinski definition) is 3. The Morgan fingerprint density at radius 3 is 3.09 bits per heavy atom. The molecular weight excluding hydrogens is 164 g/mol. The van der Waals surface area contributed by atoms with E-state index in [9.17, 15) is 0 Å². The average molecular weight is 169 g/mol. The van der Waals surface area contributed by atoms with E-state index in [2.05, 4.69) is 10.1 Å². The van der Waals surface area contributed by atoms with Crippen LogP contribution in [0.25, 0.3) is 5.65 Å². The Morgan fingerprint density at radius 2 is 2.36 bits per heavy atom. The number of nitrogens with zero attached hydrogens (tertiary/aromatic N) is 3. The number of nitrogen functional groups attached to an aromatic ring is 1. The number of hydrogen-bond donors (Lipinski definition) is 1. The average Bonchev–Trinajstić information content (AvgIpc) is 2.31. The Kier molecular flexibility index (Phi) is 1.22. The van der Waals surface area contributed by atoms with Crippen LogP contribution in [0.2, 0.25) is 5.02 Å². The van der Waals surface area contributed by atoms with Crippen LogP contribution in [0.3, 0.4) is 0 Å². The van der Waals surface area contributed by atoms with Crippen molar-refractivity contribution in [2.24, 2.45) is 0 Å². The fourth-order valence-corrected chi connectivity index (χ4v) is 1.09. The summed E-state index contributed by atoms with van der Waals surface area (Å²) in [5, 5.41) is 4.43. The summed E-state index contributed by atoms with van der Waals surface area (Å²) in [6, 6.07) is 3.52. The lowest BCUT2D eigenvalue weighted by molar-refractivity contribution is 0.968. The van der Waals surface area contributed by atoms with Crippen LogP contribution in [0.15, 0.2) is 18.3 Å². The first kappa shape index (κ1) is 6.42. The van der Waals surface area contributed by atoms with Gasteiger partial charge in [-0.25, -0.2) is 4.52 Å². The molecule has 0 amide bonds. The molecule has 0 bridgehead atoms. The highest BCUT2D eigenvalue weighted by molar-refractivity contribution is 6.33. The van der Waals surface area contributed by atoms with Gasteiger partial charge in [0.15, 0.2) is 5.65 Å².